The predicted octanol–water partition coefficient (Wildman–Crippen LogP) is -4.49. The summed E-state index contributed by atoms with van der Waals surface area (Å²) in [6, 6.07) is 0. The summed E-state index contributed by atoms with van der Waals surface area (Å²) in [6.45, 7) is 0. The van der Waals surface area contributed by atoms with Crippen LogP contribution in [-0.4, -0.2) is 17.7 Å². The van der Waals surface area contributed by atoms with E-state index in [9.17, 15) is 0 Å². The van der Waals surface area contributed by atoms with Gasteiger partial charge in [-0.2, -0.15) is 0 Å². The fourth-order valence-corrected chi connectivity index (χ4v) is 0. The molecule has 0 amide bonds. The molecule has 0 atom stereocenters. The number of rotatable bonds is 0. The first-order chi connectivity index (χ1) is 1.41. The zero-order valence-electron chi connectivity index (χ0n) is 2.47. The Hall–Kier alpha value is 0.985. The van der Waals surface area contributed by atoms with E-state index in [0.29, 0.717) is 0 Å². The minimum Gasteiger partial charge on any atom is -0.429 e. The third kappa shape index (κ3) is 12.1. The van der Waals surface area contributed by atoms with Gasteiger partial charge in [0.05, 0.1) is 0 Å². The van der Waals surface area contributed by atoms with Crippen molar-refractivity contribution in [2.45, 2.75) is 0 Å². The summed E-state index contributed by atoms with van der Waals surface area (Å²) in [6.07, 6.45) is 0. The van der Waals surface area contributed by atoms with Crippen LogP contribution in [0.3, 0.4) is 0 Å². The standard InChI is InChI=1S/BH2O2.Na/c2-1-3;/h2-3H;/q;+1. The van der Waals surface area contributed by atoms with Gasteiger partial charge in [0, 0.05) is 0 Å². The summed E-state index contributed by atoms with van der Waals surface area (Å²) in [5, 5.41) is 14.0. The van der Waals surface area contributed by atoms with Crippen LogP contribution in [0.1, 0.15) is 0 Å². The Bertz CT molecular complexity index is 6.00. The molecule has 0 saturated heterocycles. The van der Waals surface area contributed by atoms with Crippen LogP contribution < -0.4 is 29.6 Å². The zero-order valence-corrected chi connectivity index (χ0v) is 4.47. The Morgan fingerprint density at radius 2 is 1.25 bits per heavy atom. The van der Waals surface area contributed by atoms with E-state index in [1.165, 1.54) is 0 Å². The van der Waals surface area contributed by atoms with Crippen molar-refractivity contribution in [3.63, 3.8) is 0 Å². The molecular formula is H2BNaO2+. The molecule has 0 aliphatic rings. The van der Waals surface area contributed by atoms with Gasteiger partial charge in [-0.1, -0.05) is 0 Å². The van der Waals surface area contributed by atoms with Crippen LogP contribution in [0.5, 0.6) is 0 Å². The molecule has 0 aliphatic heterocycles. The van der Waals surface area contributed by atoms with Crippen LogP contribution in [0, 0.1) is 0 Å². The third-order valence-corrected chi connectivity index (χ3v) is 0. The van der Waals surface area contributed by atoms with E-state index in [0.717, 1.165) is 0 Å². The minimum atomic E-state index is 0. The Morgan fingerprint density at radius 3 is 1.25 bits per heavy atom. The van der Waals surface area contributed by atoms with Gasteiger partial charge in [0.2, 0.25) is 0 Å². The molecule has 4 heavy (non-hydrogen) atoms. The maximum atomic E-state index is 7.00. The molecule has 0 spiro atoms. The first kappa shape index (κ1) is 8.88. The smallest absolute Gasteiger partial charge is 0.429 e. The van der Waals surface area contributed by atoms with Crippen LogP contribution in [0.25, 0.3) is 0 Å². The second-order valence-electron chi connectivity index (χ2n) is 0.115. The monoisotopic (exact) mass is 68.0 g/mol. The van der Waals surface area contributed by atoms with Crippen molar-refractivity contribution in [3.8, 4) is 0 Å². The Morgan fingerprint density at radius 1 is 1.25 bits per heavy atom. The summed E-state index contributed by atoms with van der Waals surface area (Å²) >= 11 is 0. The molecule has 0 unspecified atom stereocenters. The van der Waals surface area contributed by atoms with Gasteiger partial charge in [0.15, 0.2) is 0 Å². The van der Waals surface area contributed by atoms with Gasteiger partial charge in [0.25, 0.3) is 0 Å². The minimum absolute atomic E-state index is 0. The van der Waals surface area contributed by atoms with E-state index < -0.39 is 0 Å². The number of hydrogen-bond acceptors (Lipinski definition) is 2. The predicted molar refractivity (Wildman–Crippen MR) is 10.2 cm³/mol. The molecular weight excluding hydrogens is 65.8 g/mol. The van der Waals surface area contributed by atoms with Crippen molar-refractivity contribution >= 4 is 7.69 Å². The largest absolute Gasteiger partial charge is 1.00 e. The molecule has 1 radical (unpaired) electrons. The second kappa shape index (κ2) is 9.01. The molecule has 0 aromatic heterocycles. The molecule has 2 nitrogen and oxygen atoms in total. The molecule has 2 N–H and O–H groups in total. The van der Waals surface area contributed by atoms with E-state index in [1.54, 1.807) is 0 Å². The van der Waals surface area contributed by atoms with Crippen molar-refractivity contribution in [3.05, 3.63) is 0 Å². The first-order valence-electron chi connectivity index (χ1n) is 0.516. The topological polar surface area (TPSA) is 40.5 Å². The molecule has 0 bridgehead atoms. The molecule has 0 heterocycles. The number of hydrogen-bond donors (Lipinski definition) is 2. The molecule has 0 saturated carbocycles. The summed E-state index contributed by atoms with van der Waals surface area (Å²) in [5.41, 5.74) is 0. The third-order valence-electron chi connectivity index (χ3n) is 0. The van der Waals surface area contributed by atoms with Crippen molar-refractivity contribution in [2.75, 3.05) is 0 Å². The second-order valence-corrected chi connectivity index (χ2v) is 0.115. The van der Waals surface area contributed by atoms with Gasteiger partial charge in [-0.05, 0) is 0 Å². The summed E-state index contributed by atoms with van der Waals surface area (Å²) in [7, 11) is 0. The molecule has 0 aliphatic carbocycles. The first-order valence-corrected chi connectivity index (χ1v) is 0.516. The van der Waals surface area contributed by atoms with Gasteiger partial charge in [-0.15, -0.1) is 0 Å². The fraction of sp³-hybridized carbons (Fsp3) is 0. The van der Waals surface area contributed by atoms with E-state index in [1.807, 2.05) is 0 Å². The summed E-state index contributed by atoms with van der Waals surface area (Å²) in [4.78, 5) is 0. The van der Waals surface area contributed by atoms with Gasteiger partial charge in [-0.3, -0.25) is 0 Å². The molecule has 0 aromatic carbocycles. The SMILES string of the molecule is O[B]O.[Na+]. The maximum Gasteiger partial charge on any atom is 1.00 e. The molecule has 4 heteroatoms. The van der Waals surface area contributed by atoms with Crippen LogP contribution in [0.4, 0.5) is 0 Å². The average molecular weight is 67.8 g/mol. The van der Waals surface area contributed by atoms with Crippen molar-refractivity contribution in [2.24, 2.45) is 0 Å². The van der Waals surface area contributed by atoms with Crippen molar-refractivity contribution in [1.29, 1.82) is 0 Å². The average Bonchev–Trinajstić information content (AvgIpc) is 0.918. The van der Waals surface area contributed by atoms with E-state index in [2.05, 4.69) is 0 Å². The Kier molecular flexibility index (Phi) is 20.0. The summed E-state index contributed by atoms with van der Waals surface area (Å²) in [5.74, 6) is 0. The molecule has 0 fully saturated rings. The van der Waals surface area contributed by atoms with E-state index in [4.69, 9.17) is 10.0 Å². The van der Waals surface area contributed by atoms with Gasteiger partial charge in [-0.25, -0.2) is 0 Å². The van der Waals surface area contributed by atoms with Crippen LogP contribution in [0.15, 0.2) is 0 Å². The fourth-order valence-electron chi connectivity index (χ4n) is 0. The van der Waals surface area contributed by atoms with Crippen molar-refractivity contribution in [1.82, 2.24) is 0 Å². The quantitative estimate of drug-likeness (QED) is 0.281. The maximum absolute atomic E-state index is 7.00. The van der Waals surface area contributed by atoms with Crippen LogP contribution in [0.2, 0.25) is 0 Å². The van der Waals surface area contributed by atoms with Gasteiger partial charge >= 0.3 is 37.2 Å². The zero-order chi connectivity index (χ0) is 2.71. The molecule has 0 aromatic rings. The Balaban J connectivity index is 0. The molecule has 0 rings (SSSR count). The van der Waals surface area contributed by atoms with Crippen LogP contribution >= 0.6 is 0 Å². The van der Waals surface area contributed by atoms with Crippen molar-refractivity contribution < 1.29 is 39.6 Å². The van der Waals surface area contributed by atoms with Gasteiger partial charge < -0.3 is 10.0 Å². The normalized spacial score (nSPS) is 3.50. The molecule has 17 valence electrons. The van der Waals surface area contributed by atoms with E-state index >= 15 is 0 Å². The van der Waals surface area contributed by atoms with E-state index in [-0.39, 0.29) is 37.2 Å². The Labute approximate surface area is 47.4 Å². The van der Waals surface area contributed by atoms with Gasteiger partial charge in [0.1, 0.15) is 0 Å². The van der Waals surface area contributed by atoms with Crippen LogP contribution in [-0.2, 0) is 0 Å². The summed E-state index contributed by atoms with van der Waals surface area (Å²) < 4.78 is 0.